The smallest absolute Gasteiger partial charge is 0.232 e. The van der Waals surface area contributed by atoms with Gasteiger partial charge < -0.3 is 4.90 Å². The number of Topliss-reactive ketones (excluding diaryl/α,β-unsaturated/α-hetero) is 1. The first-order valence-electron chi connectivity index (χ1n) is 8.10. The molecule has 138 valence electrons. The minimum Gasteiger partial charge on any atom is -0.315 e. The molecule has 0 saturated heterocycles. The molecule has 7 heteroatoms. The van der Waals surface area contributed by atoms with E-state index in [1.807, 2.05) is 30.3 Å². The molecule has 0 aliphatic heterocycles. The van der Waals surface area contributed by atoms with Crippen molar-refractivity contribution in [3.63, 3.8) is 0 Å². The van der Waals surface area contributed by atoms with Crippen molar-refractivity contribution in [3.05, 3.63) is 60.2 Å². The summed E-state index contributed by atoms with van der Waals surface area (Å²) < 4.78 is 25.5. The zero-order valence-electron chi connectivity index (χ0n) is 15.0. The average Bonchev–Trinajstić information content (AvgIpc) is 2.61. The minimum atomic E-state index is -3.60. The number of sulfonamides is 1. The number of amides is 1. The summed E-state index contributed by atoms with van der Waals surface area (Å²) in [6.45, 7) is 1.42. The second-order valence-electron chi connectivity index (χ2n) is 5.98. The van der Waals surface area contributed by atoms with E-state index in [0.717, 1.165) is 16.2 Å². The van der Waals surface area contributed by atoms with Crippen LogP contribution in [-0.2, 0) is 14.8 Å². The summed E-state index contributed by atoms with van der Waals surface area (Å²) in [4.78, 5) is 25.5. The van der Waals surface area contributed by atoms with E-state index in [0.29, 0.717) is 11.3 Å². The Kier molecular flexibility index (Phi) is 6.15. The van der Waals surface area contributed by atoms with Gasteiger partial charge in [0.1, 0.15) is 0 Å². The van der Waals surface area contributed by atoms with Crippen molar-refractivity contribution in [2.75, 3.05) is 29.1 Å². The molecule has 0 aromatic heterocycles. The lowest BCUT2D eigenvalue weighted by atomic mass is 10.1. The number of rotatable bonds is 7. The molecule has 2 aromatic rings. The molecular weight excluding hydrogens is 352 g/mol. The number of hydrogen-bond donors (Lipinski definition) is 0. The second kappa shape index (κ2) is 8.14. The van der Waals surface area contributed by atoms with Crippen LogP contribution in [0.25, 0.3) is 0 Å². The maximum Gasteiger partial charge on any atom is 0.232 e. The monoisotopic (exact) mass is 374 g/mol. The lowest BCUT2D eigenvalue weighted by Gasteiger charge is -2.24. The van der Waals surface area contributed by atoms with Gasteiger partial charge in [0.15, 0.2) is 5.78 Å². The van der Waals surface area contributed by atoms with Gasteiger partial charge in [0, 0.05) is 31.3 Å². The summed E-state index contributed by atoms with van der Waals surface area (Å²) in [5.41, 5.74) is 1.53. The third kappa shape index (κ3) is 4.92. The molecule has 0 radical (unpaired) electrons. The fourth-order valence-electron chi connectivity index (χ4n) is 2.53. The molecule has 0 saturated carbocycles. The number of carbonyl (C=O) groups excluding carboxylic acids is 2. The van der Waals surface area contributed by atoms with Crippen LogP contribution in [0.15, 0.2) is 54.6 Å². The van der Waals surface area contributed by atoms with Crippen LogP contribution in [0.5, 0.6) is 0 Å². The molecule has 0 atom stereocenters. The summed E-state index contributed by atoms with van der Waals surface area (Å²) in [6, 6.07) is 15.5. The maximum absolute atomic E-state index is 12.4. The quantitative estimate of drug-likeness (QED) is 0.699. The van der Waals surface area contributed by atoms with Crippen molar-refractivity contribution < 1.29 is 18.0 Å². The predicted octanol–water partition coefficient (Wildman–Crippen LogP) is 2.71. The van der Waals surface area contributed by atoms with Gasteiger partial charge in [-0.1, -0.05) is 30.3 Å². The average molecular weight is 374 g/mol. The standard InChI is InChI=1S/C19H22N2O4S/c1-15(22)16-8-7-11-18(14-16)21(26(3,24)25)13-12-19(23)20(2)17-9-5-4-6-10-17/h4-11,14H,12-13H2,1-3H3. The summed E-state index contributed by atoms with van der Waals surface area (Å²) in [7, 11) is -1.94. The predicted molar refractivity (Wildman–Crippen MR) is 103 cm³/mol. The number of ketones is 1. The lowest BCUT2D eigenvalue weighted by molar-refractivity contribution is -0.118. The molecule has 0 aliphatic rings. The van der Waals surface area contributed by atoms with Crippen molar-refractivity contribution >= 4 is 33.1 Å². The Hall–Kier alpha value is -2.67. The van der Waals surface area contributed by atoms with Crippen LogP contribution >= 0.6 is 0 Å². The molecule has 0 unspecified atom stereocenters. The number of hydrogen-bond acceptors (Lipinski definition) is 4. The van der Waals surface area contributed by atoms with Crippen LogP contribution in [0.2, 0.25) is 0 Å². The highest BCUT2D eigenvalue weighted by Gasteiger charge is 2.21. The molecule has 6 nitrogen and oxygen atoms in total. The molecule has 0 bridgehead atoms. The van der Waals surface area contributed by atoms with E-state index in [2.05, 4.69) is 0 Å². The Morgan fingerprint density at radius 1 is 0.962 bits per heavy atom. The van der Waals surface area contributed by atoms with Crippen LogP contribution in [0.3, 0.4) is 0 Å². The van der Waals surface area contributed by atoms with Gasteiger partial charge in [-0.25, -0.2) is 8.42 Å². The molecule has 0 aliphatic carbocycles. The third-order valence-electron chi connectivity index (χ3n) is 3.99. The molecule has 0 heterocycles. The van der Waals surface area contributed by atoms with Crippen LogP contribution in [0.1, 0.15) is 23.7 Å². The van der Waals surface area contributed by atoms with Crippen LogP contribution < -0.4 is 9.21 Å². The molecule has 2 aromatic carbocycles. The van der Waals surface area contributed by atoms with E-state index < -0.39 is 10.0 Å². The fraction of sp³-hybridized carbons (Fsp3) is 0.263. The van der Waals surface area contributed by atoms with E-state index in [1.54, 1.807) is 25.2 Å². The van der Waals surface area contributed by atoms with E-state index in [1.165, 1.54) is 17.9 Å². The van der Waals surface area contributed by atoms with Gasteiger partial charge in [0.25, 0.3) is 0 Å². The highest BCUT2D eigenvalue weighted by atomic mass is 32.2. The number of para-hydroxylation sites is 1. The highest BCUT2D eigenvalue weighted by molar-refractivity contribution is 7.92. The zero-order valence-corrected chi connectivity index (χ0v) is 15.9. The van der Waals surface area contributed by atoms with Crippen molar-refractivity contribution in [3.8, 4) is 0 Å². The Morgan fingerprint density at radius 3 is 2.15 bits per heavy atom. The third-order valence-corrected chi connectivity index (χ3v) is 5.18. The first-order valence-corrected chi connectivity index (χ1v) is 9.95. The molecule has 0 N–H and O–H groups in total. The Morgan fingerprint density at radius 2 is 1.58 bits per heavy atom. The number of carbonyl (C=O) groups is 2. The van der Waals surface area contributed by atoms with Gasteiger partial charge >= 0.3 is 0 Å². The topological polar surface area (TPSA) is 74.8 Å². The molecule has 26 heavy (non-hydrogen) atoms. The Bertz CT molecular complexity index is 895. The summed E-state index contributed by atoms with van der Waals surface area (Å²) in [5, 5.41) is 0. The summed E-state index contributed by atoms with van der Waals surface area (Å²) in [6.07, 6.45) is 1.10. The molecule has 1 amide bonds. The number of nitrogens with zero attached hydrogens (tertiary/aromatic N) is 2. The van der Waals surface area contributed by atoms with Crippen molar-refractivity contribution in [1.82, 2.24) is 0 Å². The molecule has 0 fully saturated rings. The highest BCUT2D eigenvalue weighted by Crippen LogP contribution is 2.20. The van der Waals surface area contributed by atoms with Gasteiger partial charge in [-0.3, -0.25) is 13.9 Å². The van der Waals surface area contributed by atoms with Gasteiger partial charge in [-0.15, -0.1) is 0 Å². The van der Waals surface area contributed by atoms with E-state index >= 15 is 0 Å². The van der Waals surface area contributed by atoms with Crippen molar-refractivity contribution in [2.24, 2.45) is 0 Å². The first kappa shape index (κ1) is 19.7. The van der Waals surface area contributed by atoms with E-state index in [-0.39, 0.29) is 24.7 Å². The fourth-order valence-corrected chi connectivity index (χ4v) is 3.45. The van der Waals surface area contributed by atoms with Crippen LogP contribution in [0, 0.1) is 0 Å². The largest absolute Gasteiger partial charge is 0.315 e. The van der Waals surface area contributed by atoms with Crippen molar-refractivity contribution in [1.29, 1.82) is 0 Å². The minimum absolute atomic E-state index is 0.00377. The van der Waals surface area contributed by atoms with Crippen LogP contribution in [-0.4, -0.2) is 40.0 Å². The van der Waals surface area contributed by atoms with E-state index in [9.17, 15) is 18.0 Å². The Labute approximate surface area is 154 Å². The SMILES string of the molecule is CC(=O)c1cccc(N(CCC(=O)N(C)c2ccccc2)S(C)(=O)=O)c1. The molecule has 0 spiro atoms. The second-order valence-corrected chi connectivity index (χ2v) is 7.89. The van der Waals surface area contributed by atoms with Crippen molar-refractivity contribution in [2.45, 2.75) is 13.3 Å². The summed E-state index contributed by atoms with van der Waals surface area (Å²) in [5.74, 6) is -0.354. The van der Waals surface area contributed by atoms with Gasteiger partial charge in [0.05, 0.1) is 11.9 Å². The summed E-state index contributed by atoms with van der Waals surface area (Å²) >= 11 is 0. The maximum atomic E-state index is 12.4. The first-order chi connectivity index (χ1) is 12.2. The van der Waals surface area contributed by atoms with Gasteiger partial charge in [-0.2, -0.15) is 0 Å². The normalized spacial score (nSPS) is 11.0. The van der Waals surface area contributed by atoms with E-state index in [4.69, 9.17) is 0 Å². The lowest BCUT2D eigenvalue weighted by Crippen LogP contribution is -2.35. The molecule has 2 rings (SSSR count). The van der Waals surface area contributed by atoms with Gasteiger partial charge in [0.2, 0.25) is 15.9 Å². The van der Waals surface area contributed by atoms with Crippen LogP contribution in [0.4, 0.5) is 11.4 Å². The number of benzene rings is 2. The van der Waals surface area contributed by atoms with Gasteiger partial charge in [-0.05, 0) is 31.2 Å². The molecular formula is C19H22N2O4S. The number of anilines is 2. The zero-order chi connectivity index (χ0) is 19.3. The Balaban J connectivity index is 2.18.